The van der Waals surface area contributed by atoms with Crippen molar-refractivity contribution in [1.82, 2.24) is 0 Å². The summed E-state index contributed by atoms with van der Waals surface area (Å²) in [5.41, 5.74) is 1.53. The van der Waals surface area contributed by atoms with Gasteiger partial charge in [0.25, 0.3) is 0 Å². The van der Waals surface area contributed by atoms with E-state index in [1.165, 1.54) is 0 Å². The van der Waals surface area contributed by atoms with Crippen molar-refractivity contribution in [3.63, 3.8) is 0 Å². The van der Waals surface area contributed by atoms with Crippen LogP contribution in [0.4, 0.5) is 0 Å². The van der Waals surface area contributed by atoms with Gasteiger partial charge in [-0.2, -0.15) is 0 Å². The number of hydrogen-bond acceptors (Lipinski definition) is 3. The van der Waals surface area contributed by atoms with Crippen LogP contribution in [-0.2, 0) is 26.4 Å². The third-order valence-corrected chi connectivity index (χ3v) is 3.51. The average molecular weight is 238 g/mol. The Balaban J connectivity index is 0.00000169. The van der Waals surface area contributed by atoms with E-state index in [0.717, 1.165) is 11.1 Å². The summed E-state index contributed by atoms with van der Waals surface area (Å²) in [6, 6.07) is 5.41. The number of benzene rings is 1. The van der Waals surface area contributed by atoms with Crippen LogP contribution in [0.15, 0.2) is 23.1 Å². The van der Waals surface area contributed by atoms with E-state index < -0.39 is 8.77 Å². The zero-order chi connectivity index (χ0) is 10.1. The first-order chi connectivity index (χ1) is 5.96. The van der Waals surface area contributed by atoms with Gasteiger partial charge < -0.3 is 4.55 Å². The van der Waals surface area contributed by atoms with E-state index in [1.807, 2.05) is 13.0 Å². The first-order valence-corrected chi connectivity index (χ1v) is 6.42. The Hall–Kier alpha value is 0.550. The molecule has 0 heterocycles. The van der Waals surface area contributed by atoms with Crippen molar-refractivity contribution in [3.8, 4) is 0 Å². The molecule has 0 N–H and O–H groups in total. The van der Waals surface area contributed by atoms with Crippen LogP contribution in [0.25, 0.3) is 0 Å². The second-order valence-electron chi connectivity index (χ2n) is 2.87. The summed E-state index contributed by atoms with van der Waals surface area (Å²) in [4.78, 5) is 0.313. The molecule has 0 aliphatic rings. The fourth-order valence-corrected chi connectivity index (χ4v) is 3.06. The van der Waals surface area contributed by atoms with Gasteiger partial charge in [0.2, 0.25) is 0 Å². The molecule has 1 rings (SSSR count). The molecular weight excluding hydrogens is 227 g/mol. The summed E-state index contributed by atoms with van der Waals surface area (Å²) < 4.78 is 22.5. The summed E-state index contributed by atoms with van der Waals surface area (Å²) in [6.07, 6.45) is 0.687. The van der Waals surface area contributed by atoms with E-state index in [9.17, 15) is 8.76 Å². The largest absolute Gasteiger partial charge is 1.00 e. The molecule has 0 fully saturated rings. The SMILES string of the molecule is CCc1cccc(C)c1S(=O)([O-])=S.[Na+]. The third-order valence-electron chi connectivity index (χ3n) is 1.92. The van der Waals surface area contributed by atoms with Gasteiger partial charge in [-0.05, 0) is 44.4 Å². The molecule has 0 radical (unpaired) electrons. The summed E-state index contributed by atoms with van der Waals surface area (Å²) in [6.45, 7) is 3.68. The topological polar surface area (TPSA) is 40.1 Å². The summed E-state index contributed by atoms with van der Waals surface area (Å²) in [7, 11) is -3.49. The van der Waals surface area contributed by atoms with E-state index in [1.54, 1.807) is 19.1 Å². The molecule has 5 heteroatoms. The zero-order valence-electron chi connectivity index (χ0n) is 8.57. The van der Waals surface area contributed by atoms with Gasteiger partial charge in [0.15, 0.2) is 0 Å². The maximum Gasteiger partial charge on any atom is 1.00 e. The molecule has 0 saturated heterocycles. The van der Waals surface area contributed by atoms with Crippen LogP contribution in [0, 0.1) is 6.92 Å². The van der Waals surface area contributed by atoms with Crippen LogP contribution in [-0.4, -0.2) is 8.76 Å². The standard InChI is InChI=1S/C9H12O2S2.Na/c1-3-8-6-4-5-7(2)9(8)13(10,11)12;/h4-6H,3H2,1-2H3,(H,10,11,12);/q;+1/p-1. The minimum Gasteiger partial charge on any atom is -0.766 e. The van der Waals surface area contributed by atoms with E-state index in [0.29, 0.717) is 11.3 Å². The molecule has 1 aromatic rings. The van der Waals surface area contributed by atoms with Gasteiger partial charge in [-0.15, -0.1) is 0 Å². The molecule has 2 nitrogen and oxygen atoms in total. The Labute approximate surface area is 112 Å². The Morgan fingerprint density at radius 2 is 2.07 bits per heavy atom. The Morgan fingerprint density at radius 3 is 2.43 bits per heavy atom. The maximum atomic E-state index is 11.2. The van der Waals surface area contributed by atoms with Gasteiger partial charge in [-0.3, -0.25) is 4.21 Å². The van der Waals surface area contributed by atoms with Gasteiger partial charge in [-0.1, -0.05) is 25.1 Å². The van der Waals surface area contributed by atoms with Crippen molar-refractivity contribution in [2.75, 3.05) is 0 Å². The fourth-order valence-electron chi connectivity index (χ4n) is 1.35. The predicted molar refractivity (Wildman–Crippen MR) is 55.1 cm³/mol. The Kier molecular flexibility index (Phi) is 5.80. The van der Waals surface area contributed by atoms with Crippen molar-refractivity contribution in [3.05, 3.63) is 29.3 Å². The fraction of sp³-hybridized carbons (Fsp3) is 0.333. The molecule has 0 bridgehead atoms. The van der Waals surface area contributed by atoms with E-state index in [-0.39, 0.29) is 29.6 Å². The van der Waals surface area contributed by atoms with Crippen LogP contribution in [0.2, 0.25) is 0 Å². The molecule has 14 heavy (non-hydrogen) atoms. The summed E-state index contributed by atoms with van der Waals surface area (Å²) >= 11 is 4.46. The summed E-state index contributed by atoms with van der Waals surface area (Å²) in [5.74, 6) is 0. The van der Waals surface area contributed by atoms with E-state index in [4.69, 9.17) is 0 Å². The molecule has 0 saturated carbocycles. The second-order valence-corrected chi connectivity index (χ2v) is 5.50. The predicted octanol–water partition coefficient (Wildman–Crippen LogP) is -1.20. The molecule has 1 atom stereocenters. The van der Waals surface area contributed by atoms with Gasteiger partial charge in [-0.25, -0.2) is 0 Å². The normalized spacial score (nSPS) is 14.2. The van der Waals surface area contributed by atoms with Crippen molar-refractivity contribution in [2.24, 2.45) is 0 Å². The maximum absolute atomic E-state index is 11.2. The smallest absolute Gasteiger partial charge is 0.766 e. The first kappa shape index (κ1) is 14.6. The summed E-state index contributed by atoms with van der Waals surface area (Å²) in [5, 5.41) is 0. The molecular formula is C9H11NaO2S2. The van der Waals surface area contributed by atoms with Gasteiger partial charge >= 0.3 is 29.6 Å². The van der Waals surface area contributed by atoms with Gasteiger partial charge in [0, 0.05) is 4.90 Å². The molecule has 1 unspecified atom stereocenters. The average Bonchev–Trinajstić information content (AvgIpc) is 2.01. The van der Waals surface area contributed by atoms with Gasteiger partial charge in [0.05, 0.1) is 0 Å². The molecule has 1 aromatic carbocycles. The molecule has 0 aliphatic carbocycles. The Morgan fingerprint density at radius 1 is 1.50 bits per heavy atom. The second kappa shape index (κ2) is 5.58. The van der Waals surface area contributed by atoms with Crippen LogP contribution in [0.5, 0.6) is 0 Å². The Bertz CT molecular complexity index is 413. The molecule has 0 aliphatic heterocycles. The first-order valence-electron chi connectivity index (χ1n) is 4.01. The van der Waals surface area contributed by atoms with E-state index >= 15 is 0 Å². The minimum absolute atomic E-state index is 0. The number of rotatable bonds is 2. The number of aryl methyl sites for hydroxylation is 2. The van der Waals surface area contributed by atoms with Crippen LogP contribution < -0.4 is 29.6 Å². The van der Waals surface area contributed by atoms with Crippen LogP contribution in [0.3, 0.4) is 0 Å². The minimum atomic E-state index is -3.49. The van der Waals surface area contributed by atoms with E-state index in [2.05, 4.69) is 11.2 Å². The molecule has 72 valence electrons. The van der Waals surface area contributed by atoms with Crippen molar-refractivity contribution in [2.45, 2.75) is 25.2 Å². The molecule has 0 aromatic heterocycles. The number of hydrogen-bond donors (Lipinski definition) is 0. The van der Waals surface area contributed by atoms with Crippen LogP contribution in [0.1, 0.15) is 18.1 Å². The quantitative estimate of drug-likeness (QED) is 0.608. The molecule has 0 amide bonds. The van der Waals surface area contributed by atoms with Crippen molar-refractivity contribution < 1.29 is 38.3 Å². The monoisotopic (exact) mass is 238 g/mol. The third kappa shape index (κ3) is 3.29. The molecule has 0 spiro atoms. The van der Waals surface area contributed by atoms with Gasteiger partial charge in [0.1, 0.15) is 0 Å². The van der Waals surface area contributed by atoms with Crippen LogP contribution >= 0.6 is 0 Å². The van der Waals surface area contributed by atoms with Crippen molar-refractivity contribution in [1.29, 1.82) is 0 Å². The zero-order valence-corrected chi connectivity index (χ0v) is 12.2. The van der Waals surface area contributed by atoms with Crippen molar-refractivity contribution >= 4 is 20.0 Å².